The molecule has 0 amide bonds. The van der Waals surface area contributed by atoms with E-state index in [1.165, 1.54) is 48.9 Å². The average Bonchev–Trinajstić information content (AvgIpc) is 2.26. The summed E-state index contributed by atoms with van der Waals surface area (Å²) in [6.45, 7) is 2.19. The SMILES string of the molecule is Cc1ccc2c(c1)CC1CCCCC1N2. The molecule has 1 aliphatic carbocycles. The Kier molecular flexibility index (Phi) is 2.19. The van der Waals surface area contributed by atoms with E-state index in [2.05, 4.69) is 30.4 Å². The van der Waals surface area contributed by atoms with Crippen LogP contribution in [0.1, 0.15) is 36.8 Å². The second-order valence-electron chi connectivity index (χ2n) is 5.16. The molecule has 1 fully saturated rings. The largest absolute Gasteiger partial charge is 0.382 e. The predicted molar refractivity (Wildman–Crippen MR) is 64.3 cm³/mol. The molecule has 2 atom stereocenters. The van der Waals surface area contributed by atoms with Crippen molar-refractivity contribution in [1.29, 1.82) is 0 Å². The summed E-state index contributed by atoms with van der Waals surface area (Å²) in [6.07, 6.45) is 6.94. The van der Waals surface area contributed by atoms with Gasteiger partial charge in [-0.2, -0.15) is 0 Å². The van der Waals surface area contributed by atoms with Gasteiger partial charge in [0.2, 0.25) is 0 Å². The second kappa shape index (κ2) is 3.55. The summed E-state index contributed by atoms with van der Waals surface area (Å²) < 4.78 is 0. The molecule has 80 valence electrons. The lowest BCUT2D eigenvalue weighted by atomic mass is 9.77. The fraction of sp³-hybridized carbons (Fsp3) is 0.571. The van der Waals surface area contributed by atoms with Crippen molar-refractivity contribution in [2.75, 3.05) is 5.32 Å². The molecule has 1 saturated carbocycles. The Hall–Kier alpha value is -0.980. The first-order valence-electron chi connectivity index (χ1n) is 6.19. The van der Waals surface area contributed by atoms with Crippen LogP contribution in [-0.4, -0.2) is 6.04 Å². The Morgan fingerprint density at radius 2 is 2.07 bits per heavy atom. The number of aryl methyl sites for hydroxylation is 1. The van der Waals surface area contributed by atoms with Crippen LogP contribution >= 0.6 is 0 Å². The number of nitrogens with one attached hydrogen (secondary N) is 1. The van der Waals surface area contributed by atoms with Gasteiger partial charge in [0.05, 0.1) is 0 Å². The molecule has 0 bridgehead atoms. The minimum absolute atomic E-state index is 0.758. The molecule has 1 aliphatic heterocycles. The number of benzene rings is 1. The van der Waals surface area contributed by atoms with E-state index in [4.69, 9.17) is 0 Å². The summed E-state index contributed by atoms with van der Waals surface area (Å²) in [5.74, 6) is 0.896. The number of hydrogen-bond acceptors (Lipinski definition) is 1. The zero-order chi connectivity index (χ0) is 10.3. The van der Waals surface area contributed by atoms with Crippen LogP contribution < -0.4 is 5.32 Å². The second-order valence-corrected chi connectivity index (χ2v) is 5.16. The van der Waals surface area contributed by atoms with Gasteiger partial charge in [0, 0.05) is 11.7 Å². The van der Waals surface area contributed by atoms with Crippen LogP contribution in [0.3, 0.4) is 0 Å². The highest BCUT2D eigenvalue weighted by Crippen LogP contribution is 2.36. The summed E-state index contributed by atoms with van der Waals surface area (Å²) in [5.41, 5.74) is 4.33. The molecule has 15 heavy (non-hydrogen) atoms. The normalized spacial score (nSPS) is 28.9. The molecule has 1 aromatic carbocycles. The third-order valence-electron chi connectivity index (χ3n) is 3.99. The van der Waals surface area contributed by atoms with Gasteiger partial charge in [-0.3, -0.25) is 0 Å². The monoisotopic (exact) mass is 201 g/mol. The van der Waals surface area contributed by atoms with Gasteiger partial charge < -0.3 is 5.32 Å². The maximum absolute atomic E-state index is 3.73. The number of rotatable bonds is 0. The van der Waals surface area contributed by atoms with Crippen LogP contribution in [0.25, 0.3) is 0 Å². The van der Waals surface area contributed by atoms with Crippen LogP contribution in [-0.2, 0) is 6.42 Å². The van der Waals surface area contributed by atoms with Gasteiger partial charge in [-0.05, 0) is 43.7 Å². The molecule has 1 aromatic rings. The van der Waals surface area contributed by atoms with Crippen molar-refractivity contribution in [3.63, 3.8) is 0 Å². The van der Waals surface area contributed by atoms with E-state index >= 15 is 0 Å². The molecule has 2 aliphatic rings. The van der Waals surface area contributed by atoms with Gasteiger partial charge in [-0.15, -0.1) is 0 Å². The molecular weight excluding hydrogens is 182 g/mol. The van der Waals surface area contributed by atoms with E-state index in [1.54, 1.807) is 0 Å². The fourth-order valence-electron chi connectivity index (χ4n) is 3.16. The minimum Gasteiger partial charge on any atom is -0.382 e. The van der Waals surface area contributed by atoms with E-state index in [-0.39, 0.29) is 0 Å². The highest BCUT2D eigenvalue weighted by Gasteiger charge is 2.29. The molecule has 1 nitrogen and oxygen atoms in total. The molecule has 2 unspecified atom stereocenters. The standard InChI is InChI=1S/C14H19N/c1-10-6-7-14-12(8-10)9-11-4-2-3-5-13(11)15-14/h6-8,11,13,15H,2-5,9H2,1H3. The van der Waals surface area contributed by atoms with Gasteiger partial charge in [-0.25, -0.2) is 0 Å². The first kappa shape index (κ1) is 9.26. The fourth-order valence-corrected chi connectivity index (χ4v) is 3.16. The topological polar surface area (TPSA) is 12.0 Å². The zero-order valence-electron chi connectivity index (χ0n) is 9.42. The van der Waals surface area contributed by atoms with Crippen LogP contribution in [0.4, 0.5) is 5.69 Å². The smallest absolute Gasteiger partial charge is 0.0375 e. The molecule has 0 saturated heterocycles. The van der Waals surface area contributed by atoms with Crippen molar-refractivity contribution in [2.24, 2.45) is 5.92 Å². The molecule has 0 aromatic heterocycles. The summed E-state index contributed by atoms with van der Waals surface area (Å²) in [5, 5.41) is 3.73. The molecule has 1 heterocycles. The number of fused-ring (bicyclic) bond motifs is 2. The maximum atomic E-state index is 3.73. The predicted octanol–water partition coefficient (Wildman–Crippen LogP) is 3.52. The summed E-state index contributed by atoms with van der Waals surface area (Å²) in [4.78, 5) is 0. The first-order valence-corrected chi connectivity index (χ1v) is 6.19. The van der Waals surface area contributed by atoms with E-state index in [9.17, 15) is 0 Å². The third kappa shape index (κ3) is 1.64. The van der Waals surface area contributed by atoms with Crippen molar-refractivity contribution in [3.05, 3.63) is 29.3 Å². The molecule has 1 N–H and O–H groups in total. The number of hydrogen-bond donors (Lipinski definition) is 1. The van der Waals surface area contributed by atoms with Gasteiger partial charge in [0.1, 0.15) is 0 Å². The van der Waals surface area contributed by atoms with E-state index < -0.39 is 0 Å². The summed E-state index contributed by atoms with van der Waals surface area (Å²) >= 11 is 0. The van der Waals surface area contributed by atoms with Crippen molar-refractivity contribution < 1.29 is 0 Å². The molecule has 0 spiro atoms. The van der Waals surface area contributed by atoms with E-state index in [0.29, 0.717) is 0 Å². The molecule has 3 rings (SSSR count). The quantitative estimate of drug-likeness (QED) is 0.677. The maximum Gasteiger partial charge on any atom is 0.0375 e. The van der Waals surface area contributed by atoms with Gasteiger partial charge >= 0.3 is 0 Å². The third-order valence-corrected chi connectivity index (χ3v) is 3.99. The van der Waals surface area contributed by atoms with Crippen LogP contribution in [0.15, 0.2) is 18.2 Å². The van der Waals surface area contributed by atoms with Gasteiger partial charge in [0.15, 0.2) is 0 Å². The van der Waals surface area contributed by atoms with Crippen LogP contribution in [0.5, 0.6) is 0 Å². The Morgan fingerprint density at radius 3 is 3.00 bits per heavy atom. The lowest BCUT2D eigenvalue weighted by Gasteiger charge is -2.38. The Balaban J connectivity index is 1.92. The highest BCUT2D eigenvalue weighted by molar-refractivity contribution is 5.55. The van der Waals surface area contributed by atoms with Crippen LogP contribution in [0.2, 0.25) is 0 Å². The minimum atomic E-state index is 0.758. The zero-order valence-corrected chi connectivity index (χ0v) is 9.42. The highest BCUT2D eigenvalue weighted by atomic mass is 14.9. The van der Waals surface area contributed by atoms with Crippen molar-refractivity contribution in [3.8, 4) is 0 Å². The Bertz CT molecular complexity index is 370. The molecular formula is C14H19N. The summed E-state index contributed by atoms with van der Waals surface area (Å²) in [7, 11) is 0. The van der Waals surface area contributed by atoms with E-state index in [0.717, 1.165) is 12.0 Å². The van der Waals surface area contributed by atoms with Crippen molar-refractivity contribution >= 4 is 5.69 Å². The lowest BCUT2D eigenvalue weighted by molar-refractivity contribution is 0.315. The lowest BCUT2D eigenvalue weighted by Crippen LogP contribution is -2.37. The average molecular weight is 201 g/mol. The van der Waals surface area contributed by atoms with Crippen molar-refractivity contribution in [1.82, 2.24) is 0 Å². The first-order chi connectivity index (χ1) is 7.33. The Morgan fingerprint density at radius 1 is 1.20 bits per heavy atom. The summed E-state index contributed by atoms with van der Waals surface area (Å²) in [6, 6.07) is 7.59. The van der Waals surface area contributed by atoms with Gasteiger partial charge in [0.25, 0.3) is 0 Å². The van der Waals surface area contributed by atoms with Crippen molar-refractivity contribution in [2.45, 2.75) is 45.1 Å². The molecule has 0 radical (unpaired) electrons. The molecule has 1 heteroatoms. The number of anilines is 1. The van der Waals surface area contributed by atoms with Gasteiger partial charge in [-0.1, -0.05) is 30.5 Å². The van der Waals surface area contributed by atoms with Crippen LogP contribution in [0, 0.1) is 12.8 Å². The van der Waals surface area contributed by atoms with E-state index in [1.807, 2.05) is 0 Å². The Labute approximate surface area is 91.9 Å².